The van der Waals surface area contributed by atoms with E-state index in [-0.39, 0.29) is 6.04 Å². The summed E-state index contributed by atoms with van der Waals surface area (Å²) in [5, 5.41) is 4.52. The summed E-state index contributed by atoms with van der Waals surface area (Å²) in [4.78, 5) is 1.18. The Labute approximate surface area is 77.3 Å². The van der Waals surface area contributed by atoms with Crippen LogP contribution in [0.5, 0.6) is 0 Å². The maximum absolute atomic E-state index is 5.74. The first-order chi connectivity index (χ1) is 5.59. The molecule has 3 nitrogen and oxygen atoms in total. The van der Waals surface area contributed by atoms with Gasteiger partial charge in [0.1, 0.15) is 0 Å². The van der Waals surface area contributed by atoms with Crippen molar-refractivity contribution in [3.63, 3.8) is 0 Å². The van der Waals surface area contributed by atoms with Crippen LogP contribution < -0.4 is 5.73 Å². The summed E-state index contributed by atoms with van der Waals surface area (Å²) < 4.78 is 1.80. The molecule has 1 rings (SSSR count). The third-order valence-corrected chi connectivity index (χ3v) is 3.03. The monoisotopic (exact) mass is 185 g/mol. The van der Waals surface area contributed by atoms with Crippen molar-refractivity contribution in [1.82, 2.24) is 9.78 Å². The molecule has 0 radical (unpaired) electrons. The molecule has 0 fully saturated rings. The van der Waals surface area contributed by atoms with Crippen LogP contribution in [0.15, 0.2) is 17.3 Å². The zero-order valence-corrected chi connectivity index (χ0v) is 8.51. The highest BCUT2D eigenvalue weighted by Gasteiger charge is 2.09. The smallest absolute Gasteiger partial charge is 0.0625 e. The standard InChI is InChI=1S/C8H15N3S/c1-6(9)7(2)12-8-4-10-11(3)5-8/h4-7H,9H2,1-3H3. The summed E-state index contributed by atoms with van der Waals surface area (Å²) in [6, 6.07) is 0.218. The number of hydrogen-bond donors (Lipinski definition) is 1. The highest BCUT2D eigenvalue weighted by molar-refractivity contribution is 8.00. The minimum atomic E-state index is 0.218. The number of aromatic nitrogens is 2. The highest BCUT2D eigenvalue weighted by Crippen LogP contribution is 2.23. The van der Waals surface area contributed by atoms with Crippen LogP contribution in [0.4, 0.5) is 0 Å². The molecular weight excluding hydrogens is 170 g/mol. The van der Waals surface area contributed by atoms with Crippen LogP contribution in [0.3, 0.4) is 0 Å². The van der Waals surface area contributed by atoms with E-state index in [9.17, 15) is 0 Å². The molecule has 1 aromatic heterocycles. The fraction of sp³-hybridized carbons (Fsp3) is 0.625. The summed E-state index contributed by atoms with van der Waals surface area (Å²) in [7, 11) is 1.92. The molecule has 2 unspecified atom stereocenters. The Kier molecular flexibility index (Phi) is 3.17. The van der Waals surface area contributed by atoms with E-state index in [0.29, 0.717) is 5.25 Å². The van der Waals surface area contributed by atoms with Crippen LogP contribution in [0.2, 0.25) is 0 Å². The van der Waals surface area contributed by atoms with Gasteiger partial charge in [0, 0.05) is 29.4 Å². The third-order valence-electron chi connectivity index (χ3n) is 1.74. The Bertz CT molecular complexity index is 244. The minimum Gasteiger partial charge on any atom is -0.327 e. The van der Waals surface area contributed by atoms with E-state index < -0.39 is 0 Å². The van der Waals surface area contributed by atoms with Gasteiger partial charge in [0.2, 0.25) is 0 Å². The maximum Gasteiger partial charge on any atom is 0.0625 e. The Balaban J connectivity index is 2.52. The number of thioether (sulfide) groups is 1. The van der Waals surface area contributed by atoms with E-state index >= 15 is 0 Å². The van der Waals surface area contributed by atoms with E-state index in [1.165, 1.54) is 4.90 Å². The number of nitrogens with two attached hydrogens (primary N) is 1. The van der Waals surface area contributed by atoms with E-state index in [1.807, 2.05) is 26.4 Å². The summed E-state index contributed by atoms with van der Waals surface area (Å²) in [5.74, 6) is 0. The Morgan fingerprint density at radius 2 is 2.25 bits per heavy atom. The second-order valence-corrected chi connectivity index (χ2v) is 4.48. The molecule has 1 aromatic rings. The van der Waals surface area contributed by atoms with Crippen molar-refractivity contribution in [1.29, 1.82) is 0 Å². The molecule has 0 saturated heterocycles. The quantitative estimate of drug-likeness (QED) is 0.721. The van der Waals surface area contributed by atoms with Crippen LogP contribution in [0.25, 0.3) is 0 Å². The van der Waals surface area contributed by atoms with Gasteiger partial charge in [-0.05, 0) is 6.92 Å². The molecule has 2 N–H and O–H groups in total. The zero-order valence-electron chi connectivity index (χ0n) is 7.69. The molecule has 0 amide bonds. The predicted octanol–water partition coefficient (Wildman–Crippen LogP) is 1.25. The summed E-state index contributed by atoms with van der Waals surface area (Å²) >= 11 is 1.76. The van der Waals surface area contributed by atoms with Crippen molar-refractivity contribution < 1.29 is 0 Å². The van der Waals surface area contributed by atoms with Crippen molar-refractivity contribution >= 4 is 11.8 Å². The summed E-state index contributed by atoms with van der Waals surface area (Å²) in [6.07, 6.45) is 3.87. The molecule has 0 saturated carbocycles. The Morgan fingerprint density at radius 3 is 2.67 bits per heavy atom. The number of nitrogens with zero attached hydrogens (tertiary/aromatic N) is 2. The number of rotatable bonds is 3. The van der Waals surface area contributed by atoms with E-state index in [4.69, 9.17) is 5.73 Å². The van der Waals surface area contributed by atoms with Crippen molar-refractivity contribution in [2.24, 2.45) is 12.8 Å². The second kappa shape index (κ2) is 3.96. The van der Waals surface area contributed by atoms with Gasteiger partial charge < -0.3 is 5.73 Å². The molecule has 0 aromatic carbocycles. The first-order valence-corrected chi connectivity index (χ1v) is 4.88. The first-order valence-electron chi connectivity index (χ1n) is 4.00. The molecule has 1 heterocycles. The van der Waals surface area contributed by atoms with Crippen molar-refractivity contribution in [2.75, 3.05) is 0 Å². The topological polar surface area (TPSA) is 43.8 Å². The fourth-order valence-corrected chi connectivity index (χ4v) is 1.75. The van der Waals surface area contributed by atoms with Crippen molar-refractivity contribution in [3.05, 3.63) is 12.4 Å². The van der Waals surface area contributed by atoms with Gasteiger partial charge in [-0.3, -0.25) is 4.68 Å². The molecule has 2 atom stereocenters. The second-order valence-electron chi connectivity index (χ2n) is 3.03. The zero-order chi connectivity index (χ0) is 9.14. The third kappa shape index (κ3) is 2.53. The van der Waals surface area contributed by atoms with Gasteiger partial charge in [-0.15, -0.1) is 11.8 Å². The van der Waals surface area contributed by atoms with Gasteiger partial charge in [0.25, 0.3) is 0 Å². The first kappa shape index (κ1) is 9.61. The van der Waals surface area contributed by atoms with E-state index in [1.54, 1.807) is 16.4 Å². The largest absolute Gasteiger partial charge is 0.327 e. The summed E-state index contributed by atoms with van der Waals surface area (Å²) in [5.41, 5.74) is 5.74. The lowest BCUT2D eigenvalue weighted by molar-refractivity contribution is 0.730. The normalized spacial score (nSPS) is 16.0. The molecule has 0 bridgehead atoms. The molecular formula is C8H15N3S. The molecule has 12 heavy (non-hydrogen) atoms. The van der Waals surface area contributed by atoms with E-state index in [0.717, 1.165) is 0 Å². The molecule has 68 valence electrons. The molecule has 4 heteroatoms. The lowest BCUT2D eigenvalue weighted by atomic mass is 10.3. The van der Waals surface area contributed by atoms with Gasteiger partial charge in [-0.25, -0.2) is 0 Å². The van der Waals surface area contributed by atoms with Crippen LogP contribution in [0, 0.1) is 0 Å². The minimum absolute atomic E-state index is 0.218. The molecule has 0 aliphatic heterocycles. The molecule has 0 spiro atoms. The summed E-state index contributed by atoms with van der Waals surface area (Å²) in [6.45, 7) is 4.15. The number of hydrogen-bond acceptors (Lipinski definition) is 3. The average Bonchev–Trinajstić information content (AvgIpc) is 2.35. The molecule has 0 aliphatic rings. The van der Waals surface area contributed by atoms with Gasteiger partial charge in [-0.1, -0.05) is 6.92 Å². The van der Waals surface area contributed by atoms with Gasteiger partial charge in [0.05, 0.1) is 6.20 Å². The van der Waals surface area contributed by atoms with Gasteiger partial charge in [0.15, 0.2) is 0 Å². The number of aryl methyl sites for hydroxylation is 1. The predicted molar refractivity (Wildman–Crippen MR) is 52.2 cm³/mol. The van der Waals surface area contributed by atoms with Crippen LogP contribution in [0.1, 0.15) is 13.8 Å². The Morgan fingerprint density at radius 1 is 1.58 bits per heavy atom. The Hall–Kier alpha value is -0.480. The maximum atomic E-state index is 5.74. The van der Waals surface area contributed by atoms with Crippen LogP contribution in [-0.2, 0) is 7.05 Å². The van der Waals surface area contributed by atoms with Gasteiger partial charge in [-0.2, -0.15) is 5.10 Å². The SMILES string of the molecule is CC(N)C(C)Sc1cnn(C)c1. The lowest BCUT2D eigenvalue weighted by Crippen LogP contribution is -2.26. The van der Waals surface area contributed by atoms with Crippen LogP contribution in [-0.4, -0.2) is 21.1 Å². The fourth-order valence-electron chi connectivity index (χ4n) is 0.782. The highest BCUT2D eigenvalue weighted by atomic mass is 32.2. The lowest BCUT2D eigenvalue weighted by Gasteiger charge is -2.12. The van der Waals surface area contributed by atoms with Crippen LogP contribution >= 0.6 is 11.8 Å². The van der Waals surface area contributed by atoms with E-state index in [2.05, 4.69) is 12.0 Å². The molecule has 0 aliphatic carbocycles. The van der Waals surface area contributed by atoms with Gasteiger partial charge >= 0.3 is 0 Å². The van der Waals surface area contributed by atoms with Crippen molar-refractivity contribution in [3.8, 4) is 0 Å². The van der Waals surface area contributed by atoms with Crippen molar-refractivity contribution in [2.45, 2.75) is 30.0 Å². The average molecular weight is 185 g/mol.